The van der Waals surface area contributed by atoms with Crippen LogP contribution in [0.4, 0.5) is 11.4 Å². The SMILES string of the molecule is CCN1C(=CC=CC=CC2=[N+](CCCCC(=O)NC[C@@H]3C[C@@H]4CC[C@H]5C(=O)N[C@@H](CCCN=C(N)N)C(=O)NCC(=O)N[C@@H](CC(=O)O)C(=O)N[C@H]3C(=O)N45)c3ccc4c(S(=O)O)cccc4c3C2(C)C)C(C)(C)c2c1ccc1c(C)cccc21. The van der Waals surface area contributed by atoms with Crippen LogP contribution in [0.3, 0.4) is 0 Å². The van der Waals surface area contributed by atoms with Crippen LogP contribution in [-0.2, 0) is 55.5 Å². The van der Waals surface area contributed by atoms with Gasteiger partial charge in [0.1, 0.15) is 30.7 Å². The summed E-state index contributed by atoms with van der Waals surface area (Å²) in [5.41, 5.74) is 18.1. The quantitative estimate of drug-likeness (QED) is 0.0161. The number of allylic oxidation sites excluding steroid dienone is 6. The summed E-state index contributed by atoms with van der Waals surface area (Å²) in [5, 5.41) is 27.1. The van der Waals surface area contributed by atoms with Crippen molar-refractivity contribution in [3.05, 3.63) is 113 Å². The Labute approximate surface area is 497 Å². The predicted molar refractivity (Wildman–Crippen MR) is 326 cm³/mol. The van der Waals surface area contributed by atoms with E-state index >= 15 is 0 Å². The van der Waals surface area contributed by atoms with E-state index in [-0.39, 0.29) is 62.5 Å². The molecule has 0 spiro atoms. The second-order valence-electron chi connectivity index (χ2n) is 23.7. The highest BCUT2D eigenvalue weighted by molar-refractivity contribution is 7.79. The zero-order valence-corrected chi connectivity index (χ0v) is 49.9. The van der Waals surface area contributed by atoms with Gasteiger partial charge in [0.25, 0.3) is 0 Å². The minimum absolute atomic E-state index is 0.0330. The zero-order valence-electron chi connectivity index (χ0n) is 49.0. The van der Waals surface area contributed by atoms with Crippen LogP contribution in [-0.4, -0.2) is 139 Å². The van der Waals surface area contributed by atoms with Gasteiger partial charge in [-0.25, -0.2) is 4.21 Å². The number of carboxylic acid groups (broad SMARTS) is 1. The van der Waals surface area contributed by atoms with Gasteiger partial charge in [-0.1, -0.05) is 68.5 Å². The number of anilines is 1. The van der Waals surface area contributed by atoms with E-state index in [2.05, 4.69) is 131 Å². The fourth-order valence-corrected chi connectivity index (χ4v) is 14.1. The summed E-state index contributed by atoms with van der Waals surface area (Å²) in [5.74, 6) is -6.31. The number of carboxylic acids is 1. The lowest BCUT2D eigenvalue weighted by Gasteiger charge is -2.42. The maximum Gasteiger partial charge on any atom is 0.305 e. The number of amides is 6. The van der Waals surface area contributed by atoms with Crippen molar-refractivity contribution in [3.8, 4) is 0 Å². The summed E-state index contributed by atoms with van der Waals surface area (Å²) in [6.45, 7) is 14.0. The van der Waals surface area contributed by atoms with Gasteiger partial charge in [-0.2, -0.15) is 4.58 Å². The number of carbonyl (C=O) groups is 7. The molecule has 22 heteroatoms. The van der Waals surface area contributed by atoms with Gasteiger partial charge < -0.3 is 57.5 Å². The van der Waals surface area contributed by atoms with Gasteiger partial charge in [0, 0.05) is 84.3 Å². The van der Waals surface area contributed by atoms with Crippen LogP contribution in [0.2, 0.25) is 0 Å². The average molecular weight is 1180 g/mol. The molecule has 0 saturated carbocycles. The van der Waals surface area contributed by atoms with Crippen LogP contribution in [0.5, 0.6) is 0 Å². The molecule has 1 unspecified atom stereocenters. The molecule has 3 fully saturated rings. The lowest BCUT2D eigenvalue weighted by Crippen LogP contribution is -2.65. The van der Waals surface area contributed by atoms with Gasteiger partial charge in [-0.3, -0.25) is 38.6 Å². The van der Waals surface area contributed by atoms with E-state index < -0.39 is 101 Å². The molecule has 5 aliphatic rings. The number of nitrogens with zero attached hydrogens (tertiary/aromatic N) is 4. The van der Waals surface area contributed by atoms with E-state index in [1.54, 1.807) is 12.1 Å². The van der Waals surface area contributed by atoms with Crippen molar-refractivity contribution in [2.75, 3.05) is 37.6 Å². The number of fused-ring (bicyclic) bond motifs is 7. The first-order valence-corrected chi connectivity index (χ1v) is 30.4. The predicted octanol–water partition coefficient (Wildman–Crippen LogP) is 4.85. The molecule has 0 aliphatic carbocycles. The molecule has 2 bridgehead atoms. The second kappa shape index (κ2) is 25.5. The summed E-state index contributed by atoms with van der Waals surface area (Å²) in [6, 6.07) is 14.7. The van der Waals surface area contributed by atoms with Crippen molar-refractivity contribution in [1.82, 2.24) is 31.5 Å². The number of benzene rings is 4. The number of unbranched alkanes of at least 4 members (excludes halogenated alkanes) is 1. The molecular formula is C63H78N11O10S+. The first kappa shape index (κ1) is 61.3. The second-order valence-corrected chi connectivity index (χ2v) is 24.6. The summed E-state index contributed by atoms with van der Waals surface area (Å²) in [7, 11) is 0. The molecule has 7 atom stereocenters. The van der Waals surface area contributed by atoms with Gasteiger partial charge in [0.2, 0.25) is 41.1 Å². The van der Waals surface area contributed by atoms with Crippen molar-refractivity contribution in [2.45, 2.75) is 145 Å². The Hall–Kier alpha value is -8.24. The maximum atomic E-state index is 14.6. The third-order valence-electron chi connectivity index (χ3n) is 17.5. The van der Waals surface area contributed by atoms with E-state index in [0.717, 1.165) is 28.9 Å². The number of rotatable bonds is 18. The van der Waals surface area contributed by atoms with Crippen LogP contribution in [0, 0.1) is 12.8 Å². The molecular weight excluding hydrogens is 1100 g/mol. The number of aliphatic carboxylic acids is 1. The summed E-state index contributed by atoms with van der Waals surface area (Å²) < 4.78 is 25.1. The normalized spacial score (nSPS) is 23.8. The molecule has 6 amide bonds. The lowest BCUT2D eigenvalue weighted by atomic mass is 9.79. The number of likely N-dealkylation sites (N-methyl/N-ethyl adjacent to an activating group) is 1. The van der Waals surface area contributed by atoms with Crippen LogP contribution < -0.4 is 43.0 Å². The highest BCUT2D eigenvalue weighted by atomic mass is 32.2. The zero-order chi connectivity index (χ0) is 61.1. The molecule has 0 radical (unpaired) electrons. The third-order valence-corrected chi connectivity index (χ3v) is 18.2. The molecule has 85 heavy (non-hydrogen) atoms. The number of guanidine groups is 1. The molecule has 11 N–H and O–H groups in total. The Morgan fingerprint density at radius 3 is 2.31 bits per heavy atom. The third kappa shape index (κ3) is 12.6. The van der Waals surface area contributed by atoms with Crippen molar-refractivity contribution in [2.24, 2.45) is 22.4 Å². The first-order chi connectivity index (χ1) is 40.5. The smallest absolute Gasteiger partial charge is 0.305 e. The molecule has 4 aromatic carbocycles. The highest BCUT2D eigenvalue weighted by Gasteiger charge is 2.51. The Morgan fingerprint density at radius 2 is 1.58 bits per heavy atom. The number of nitrogens with two attached hydrogens (primary N) is 2. The molecule has 0 aromatic heterocycles. The number of hydrogen-bond acceptors (Lipinski definition) is 10. The first-order valence-electron chi connectivity index (χ1n) is 29.2. The summed E-state index contributed by atoms with van der Waals surface area (Å²) in [6.07, 6.45) is 12.1. The number of aliphatic imine (C=N–C) groups is 1. The van der Waals surface area contributed by atoms with Gasteiger partial charge in [-0.05, 0) is 118 Å². The van der Waals surface area contributed by atoms with Gasteiger partial charge >= 0.3 is 5.97 Å². The van der Waals surface area contributed by atoms with E-state index in [0.29, 0.717) is 36.1 Å². The minimum Gasteiger partial charge on any atom is -0.481 e. The molecule has 4 aromatic rings. The standard InChI is InChI=1S/C63H77N11O10S/c1-7-72-45-28-25-39-36(2)16-13-17-41(39)54(45)62(3,4)49(72)21-9-8-10-22-50-63(5,6)55-42-18-14-20-48(85(83)84)40(42)26-29-46(55)73(50)31-12-11-23-51(75)67-34-37-32-38-24-27-47-59(81)70-43(19-15-30-66-61(64)65)57(79)68-35-52(76)69-44(33-53(77)78)58(80)71-56(37)60(82)74(38)47/h8-10,13-14,16-18,20-22,25-26,28-29,37-38,43-44,47,56H,7,11-12,15,19,23-24,27,30-35H2,1-6H3,(H10-,64,65,66,67,68,69,70,71,75,76,77,78,79,80,81,83,84)/p+1/t37-,38-,43-,44-,47-,56+/m0/s1. The molecule has 21 nitrogen and oxygen atoms in total. The topological polar surface area (TPSA) is 311 Å². The van der Waals surface area contributed by atoms with E-state index in [9.17, 15) is 47.4 Å². The average Bonchev–Trinajstić information content (AvgIpc) is 1.70. The number of carbonyl (C=O) groups excluding carboxylic acids is 6. The Balaban J connectivity index is 0.916. The van der Waals surface area contributed by atoms with Crippen molar-refractivity contribution in [3.63, 3.8) is 0 Å². The van der Waals surface area contributed by atoms with Crippen molar-refractivity contribution in [1.29, 1.82) is 0 Å². The van der Waals surface area contributed by atoms with Crippen LogP contribution >= 0.6 is 0 Å². The van der Waals surface area contributed by atoms with E-state index in [1.807, 2.05) is 30.4 Å². The Morgan fingerprint density at radius 1 is 0.835 bits per heavy atom. The largest absolute Gasteiger partial charge is 0.481 e. The summed E-state index contributed by atoms with van der Waals surface area (Å²) in [4.78, 5) is 103. The van der Waals surface area contributed by atoms with Crippen molar-refractivity contribution >= 4 is 97.1 Å². The fraction of sp³-hybridized carbons (Fsp3) is 0.444. The van der Waals surface area contributed by atoms with Crippen LogP contribution in [0.25, 0.3) is 21.5 Å². The Kier molecular flexibility index (Phi) is 18.4. The van der Waals surface area contributed by atoms with Crippen LogP contribution in [0.1, 0.15) is 109 Å². The minimum atomic E-state index is -2.21. The lowest BCUT2D eigenvalue weighted by molar-refractivity contribution is -0.438. The van der Waals surface area contributed by atoms with Gasteiger partial charge in [0.15, 0.2) is 22.8 Å². The number of piperidine rings is 1. The molecule has 9 rings (SSSR count). The fourth-order valence-electron chi connectivity index (χ4n) is 13.5. The van der Waals surface area contributed by atoms with E-state index in [1.165, 1.54) is 38.2 Å². The maximum absolute atomic E-state index is 14.6. The van der Waals surface area contributed by atoms with Gasteiger partial charge in [-0.15, -0.1) is 0 Å². The van der Waals surface area contributed by atoms with Crippen LogP contribution in [0.15, 0.2) is 107 Å². The molecule has 5 aliphatic heterocycles. The monoisotopic (exact) mass is 1180 g/mol. The molecule has 450 valence electrons. The number of aryl methyl sites for hydroxylation is 1. The number of nitrogens with one attached hydrogen (secondary N) is 5. The number of hydrogen-bond donors (Lipinski definition) is 9. The van der Waals surface area contributed by atoms with Gasteiger partial charge in [0.05, 0.1) is 23.3 Å². The van der Waals surface area contributed by atoms with Crippen molar-refractivity contribution < 1.29 is 52.0 Å². The summed E-state index contributed by atoms with van der Waals surface area (Å²) >= 11 is -2.21. The Bertz CT molecular complexity index is 3550. The highest BCUT2D eigenvalue weighted by Crippen LogP contribution is 2.51. The van der Waals surface area contributed by atoms with E-state index in [4.69, 9.17) is 11.5 Å². The molecule has 3 saturated heterocycles. The molecule has 5 heterocycles.